The molecule has 0 unspecified atom stereocenters. The minimum Gasteiger partial charge on any atom is -0.550 e. The molecule has 166 valence electrons. The summed E-state index contributed by atoms with van der Waals surface area (Å²) in [7, 11) is 0. The smallest absolute Gasteiger partial charge is 0.550 e. The number of carbonyl (C=O) groups excluding carboxylic acids is 2. The number of aliphatic carboxylic acids is 1. The predicted molar refractivity (Wildman–Crippen MR) is 114 cm³/mol. The SMILES string of the molecule is CCCCCCCCCCCCCCCCCCCCOC(=O)CCC(=O)[O-].[Na+]. The van der Waals surface area contributed by atoms with E-state index in [0.29, 0.717) is 6.61 Å². The van der Waals surface area contributed by atoms with Gasteiger partial charge in [-0.3, -0.25) is 4.79 Å². The summed E-state index contributed by atoms with van der Waals surface area (Å²) < 4.78 is 4.99. The first-order chi connectivity index (χ1) is 13.7. The van der Waals surface area contributed by atoms with Crippen LogP contribution in [0.3, 0.4) is 0 Å². The topological polar surface area (TPSA) is 66.4 Å². The van der Waals surface area contributed by atoms with Crippen molar-refractivity contribution in [2.75, 3.05) is 6.61 Å². The summed E-state index contributed by atoms with van der Waals surface area (Å²) in [5.74, 6) is -1.64. The van der Waals surface area contributed by atoms with Gasteiger partial charge < -0.3 is 14.6 Å². The minimum absolute atomic E-state index is 0. The van der Waals surface area contributed by atoms with Crippen LogP contribution in [-0.4, -0.2) is 18.5 Å². The van der Waals surface area contributed by atoms with Crippen molar-refractivity contribution in [1.82, 2.24) is 0 Å². The first kappa shape index (κ1) is 31.1. The summed E-state index contributed by atoms with van der Waals surface area (Å²) in [6, 6.07) is 0. The summed E-state index contributed by atoms with van der Waals surface area (Å²) in [6.45, 7) is 2.68. The van der Waals surface area contributed by atoms with Crippen molar-refractivity contribution in [2.45, 2.75) is 135 Å². The van der Waals surface area contributed by atoms with Crippen molar-refractivity contribution in [3.05, 3.63) is 0 Å². The van der Waals surface area contributed by atoms with Crippen LogP contribution in [0.2, 0.25) is 0 Å². The molecule has 0 heterocycles. The molecule has 0 fully saturated rings. The van der Waals surface area contributed by atoms with Crippen molar-refractivity contribution >= 4 is 11.9 Å². The van der Waals surface area contributed by atoms with Gasteiger partial charge in [-0.15, -0.1) is 0 Å². The van der Waals surface area contributed by atoms with E-state index in [9.17, 15) is 14.7 Å². The van der Waals surface area contributed by atoms with Crippen LogP contribution >= 0.6 is 0 Å². The second-order valence-corrected chi connectivity index (χ2v) is 8.10. The molecule has 0 aliphatic heterocycles. The number of carboxylic acids is 1. The van der Waals surface area contributed by atoms with Gasteiger partial charge in [0.1, 0.15) is 0 Å². The van der Waals surface area contributed by atoms with Crippen molar-refractivity contribution < 1.29 is 49.0 Å². The van der Waals surface area contributed by atoms with Gasteiger partial charge in [0.05, 0.1) is 13.0 Å². The van der Waals surface area contributed by atoms with Gasteiger partial charge in [-0.05, 0) is 12.8 Å². The average molecular weight is 421 g/mol. The van der Waals surface area contributed by atoms with Crippen LogP contribution in [0, 0.1) is 0 Å². The molecular formula is C24H45NaO4. The van der Waals surface area contributed by atoms with Gasteiger partial charge in [0.25, 0.3) is 0 Å². The molecule has 0 aliphatic rings. The molecule has 0 aromatic carbocycles. The number of unbranched alkanes of at least 4 members (excludes halogenated alkanes) is 17. The first-order valence-electron chi connectivity index (χ1n) is 12.0. The molecule has 0 atom stereocenters. The van der Waals surface area contributed by atoms with Gasteiger partial charge in [-0.2, -0.15) is 0 Å². The fourth-order valence-corrected chi connectivity index (χ4v) is 3.47. The third-order valence-electron chi connectivity index (χ3n) is 5.29. The fourth-order valence-electron chi connectivity index (χ4n) is 3.47. The molecule has 0 bridgehead atoms. The number of carboxylic acid groups (broad SMARTS) is 1. The molecule has 0 amide bonds. The zero-order chi connectivity index (χ0) is 20.7. The monoisotopic (exact) mass is 420 g/mol. The van der Waals surface area contributed by atoms with Crippen LogP contribution in [0.5, 0.6) is 0 Å². The van der Waals surface area contributed by atoms with Gasteiger partial charge in [-0.25, -0.2) is 0 Å². The van der Waals surface area contributed by atoms with Crippen molar-refractivity contribution in [2.24, 2.45) is 0 Å². The van der Waals surface area contributed by atoms with E-state index in [4.69, 9.17) is 4.74 Å². The van der Waals surface area contributed by atoms with Crippen LogP contribution in [0.15, 0.2) is 0 Å². The second kappa shape index (κ2) is 26.0. The maximum atomic E-state index is 11.2. The quantitative estimate of drug-likeness (QED) is 0.153. The molecule has 0 saturated carbocycles. The Kier molecular flexibility index (Phi) is 27.9. The molecule has 0 aromatic heterocycles. The van der Waals surface area contributed by atoms with Gasteiger partial charge in [0.2, 0.25) is 0 Å². The van der Waals surface area contributed by atoms with Gasteiger partial charge in [-0.1, -0.05) is 116 Å². The van der Waals surface area contributed by atoms with E-state index in [1.807, 2.05) is 0 Å². The van der Waals surface area contributed by atoms with Crippen molar-refractivity contribution in [1.29, 1.82) is 0 Å². The predicted octanol–water partition coefficient (Wildman–Crippen LogP) is 3.11. The normalized spacial score (nSPS) is 10.5. The summed E-state index contributed by atoms with van der Waals surface area (Å²) in [4.78, 5) is 21.5. The molecule has 0 aromatic rings. The fraction of sp³-hybridized carbons (Fsp3) is 0.917. The Morgan fingerprint density at radius 2 is 0.931 bits per heavy atom. The number of esters is 1. The third-order valence-corrected chi connectivity index (χ3v) is 5.29. The molecule has 5 heteroatoms. The zero-order valence-electron chi connectivity index (χ0n) is 19.5. The Morgan fingerprint density at radius 1 is 0.586 bits per heavy atom. The third kappa shape index (κ3) is 27.9. The number of hydrogen-bond acceptors (Lipinski definition) is 4. The maximum Gasteiger partial charge on any atom is 1.00 e. The van der Waals surface area contributed by atoms with E-state index in [1.54, 1.807) is 0 Å². The average Bonchev–Trinajstić information content (AvgIpc) is 2.68. The number of carbonyl (C=O) groups is 2. The van der Waals surface area contributed by atoms with E-state index in [0.717, 1.165) is 12.8 Å². The van der Waals surface area contributed by atoms with Crippen LogP contribution in [0.25, 0.3) is 0 Å². The number of ether oxygens (including phenoxy) is 1. The Hall–Kier alpha value is -0.0600. The number of hydrogen-bond donors (Lipinski definition) is 0. The molecule has 0 spiro atoms. The van der Waals surface area contributed by atoms with Gasteiger partial charge >= 0.3 is 35.5 Å². The first-order valence-corrected chi connectivity index (χ1v) is 12.0. The van der Waals surface area contributed by atoms with Crippen molar-refractivity contribution in [3.63, 3.8) is 0 Å². The van der Waals surface area contributed by atoms with E-state index in [-0.39, 0.29) is 42.4 Å². The largest absolute Gasteiger partial charge is 1.00 e. The minimum atomic E-state index is -1.20. The second-order valence-electron chi connectivity index (χ2n) is 8.10. The van der Waals surface area contributed by atoms with Crippen LogP contribution < -0.4 is 34.7 Å². The van der Waals surface area contributed by atoms with Crippen LogP contribution in [0.1, 0.15) is 135 Å². The summed E-state index contributed by atoms with van der Waals surface area (Å²) in [6.07, 6.45) is 23.6. The summed E-state index contributed by atoms with van der Waals surface area (Å²) in [5, 5.41) is 10.2. The molecule has 0 radical (unpaired) electrons. The summed E-state index contributed by atoms with van der Waals surface area (Å²) >= 11 is 0. The van der Waals surface area contributed by atoms with Gasteiger partial charge in [0.15, 0.2) is 0 Å². The van der Waals surface area contributed by atoms with Crippen LogP contribution in [0.4, 0.5) is 0 Å². The Balaban J connectivity index is 0. The molecule has 0 aliphatic carbocycles. The molecule has 0 saturated heterocycles. The zero-order valence-corrected chi connectivity index (χ0v) is 21.5. The Morgan fingerprint density at radius 3 is 1.28 bits per heavy atom. The molecule has 0 N–H and O–H groups in total. The van der Waals surface area contributed by atoms with E-state index in [2.05, 4.69) is 6.92 Å². The summed E-state index contributed by atoms with van der Waals surface area (Å²) in [5.41, 5.74) is 0. The van der Waals surface area contributed by atoms with E-state index in [1.165, 1.54) is 103 Å². The van der Waals surface area contributed by atoms with E-state index < -0.39 is 11.9 Å². The van der Waals surface area contributed by atoms with Crippen molar-refractivity contribution in [3.8, 4) is 0 Å². The Bertz CT molecular complexity index is 361. The van der Waals surface area contributed by atoms with E-state index >= 15 is 0 Å². The number of rotatable bonds is 22. The molecule has 29 heavy (non-hydrogen) atoms. The molecule has 0 rings (SSSR count). The molecular weight excluding hydrogens is 375 g/mol. The van der Waals surface area contributed by atoms with Crippen LogP contribution in [-0.2, 0) is 14.3 Å². The maximum absolute atomic E-state index is 11.2. The van der Waals surface area contributed by atoms with Gasteiger partial charge in [0, 0.05) is 5.97 Å². The Labute approximate surface area is 202 Å². The molecule has 4 nitrogen and oxygen atoms in total. The standard InChI is InChI=1S/C24H46O4.Na/c1-2-3-4-5-6-7-8-9-10-11-12-13-14-15-16-17-18-19-22-28-24(27)21-20-23(25)26;/h2-22H2,1H3,(H,25,26);/q;+1/p-1.